The zero-order valence-corrected chi connectivity index (χ0v) is 14.3. The van der Waals surface area contributed by atoms with Gasteiger partial charge in [-0.2, -0.15) is 0 Å². The van der Waals surface area contributed by atoms with Gasteiger partial charge in [-0.05, 0) is 34.7 Å². The highest BCUT2D eigenvalue weighted by molar-refractivity contribution is 7.99. The SMILES string of the molecule is CC(C)(C)c1ccc(C(N)CSc2cccc(Cl)c2)cc1. The largest absolute Gasteiger partial charge is 0.323 e. The molecule has 0 radical (unpaired) electrons. The number of rotatable bonds is 4. The standard InChI is InChI=1S/C18H22ClNS/c1-18(2,3)14-9-7-13(8-10-14)17(20)12-21-16-6-4-5-15(19)11-16/h4-11,17H,12,20H2,1-3H3. The molecule has 0 saturated carbocycles. The van der Waals surface area contributed by atoms with Crippen molar-refractivity contribution in [3.05, 3.63) is 64.7 Å². The van der Waals surface area contributed by atoms with Crippen molar-refractivity contribution in [3.63, 3.8) is 0 Å². The second-order valence-electron chi connectivity index (χ2n) is 6.25. The van der Waals surface area contributed by atoms with Crippen LogP contribution in [0.4, 0.5) is 0 Å². The van der Waals surface area contributed by atoms with Gasteiger partial charge in [-0.25, -0.2) is 0 Å². The summed E-state index contributed by atoms with van der Waals surface area (Å²) in [6, 6.07) is 16.6. The second-order valence-corrected chi connectivity index (χ2v) is 7.78. The van der Waals surface area contributed by atoms with Gasteiger partial charge in [-0.3, -0.25) is 0 Å². The lowest BCUT2D eigenvalue weighted by Crippen LogP contribution is -2.15. The Bertz CT molecular complexity index is 587. The molecule has 0 spiro atoms. The molecule has 2 rings (SSSR count). The topological polar surface area (TPSA) is 26.0 Å². The first kappa shape index (κ1) is 16.4. The fraction of sp³-hybridized carbons (Fsp3) is 0.333. The van der Waals surface area contributed by atoms with Gasteiger partial charge < -0.3 is 5.73 Å². The average Bonchev–Trinajstić information content (AvgIpc) is 2.44. The summed E-state index contributed by atoms with van der Waals surface area (Å²) >= 11 is 7.73. The van der Waals surface area contributed by atoms with Gasteiger partial charge in [0.15, 0.2) is 0 Å². The van der Waals surface area contributed by atoms with E-state index in [4.69, 9.17) is 17.3 Å². The van der Waals surface area contributed by atoms with Crippen molar-refractivity contribution in [2.24, 2.45) is 5.73 Å². The molecule has 2 N–H and O–H groups in total. The quantitative estimate of drug-likeness (QED) is 0.760. The Morgan fingerprint density at radius 2 is 1.76 bits per heavy atom. The molecule has 0 fully saturated rings. The first-order chi connectivity index (χ1) is 9.86. The van der Waals surface area contributed by atoms with Crippen LogP contribution in [0.25, 0.3) is 0 Å². The van der Waals surface area contributed by atoms with Crippen molar-refractivity contribution in [2.75, 3.05) is 5.75 Å². The average molecular weight is 320 g/mol. The van der Waals surface area contributed by atoms with Gasteiger partial charge in [-0.1, -0.05) is 62.7 Å². The molecule has 0 saturated heterocycles. The summed E-state index contributed by atoms with van der Waals surface area (Å²) < 4.78 is 0. The van der Waals surface area contributed by atoms with Crippen molar-refractivity contribution in [1.29, 1.82) is 0 Å². The van der Waals surface area contributed by atoms with Crippen LogP contribution in [-0.2, 0) is 5.41 Å². The Morgan fingerprint density at radius 3 is 2.33 bits per heavy atom. The molecule has 3 heteroatoms. The number of hydrogen-bond acceptors (Lipinski definition) is 2. The van der Waals surface area contributed by atoms with E-state index in [1.54, 1.807) is 11.8 Å². The third-order valence-electron chi connectivity index (χ3n) is 3.43. The normalized spacial score (nSPS) is 13.2. The van der Waals surface area contributed by atoms with Crippen molar-refractivity contribution in [3.8, 4) is 0 Å². The fourth-order valence-corrected chi connectivity index (χ4v) is 3.27. The number of nitrogens with two attached hydrogens (primary N) is 1. The lowest BCUT2D eigenvalue weighted by Gasteiger charge is -2.20. The van der Waals surface area contributed by atoms with Crippen LogP contribution in [0.5, 0.6) is 0 Å². The molecule has 0 aliphatic rings. The number of hydrogen-bond donors (Lipinski definition) is 1. The molecule has 0 amide bonds. The Hall–Kier alpha value is -0.960. The third-order valence-corrected chi connectivity index (χ3v) is 4.78. The lowest BCUT2D eigenvalue weighted by molar-refractivity contribution is 0.589. The van der Waals surface area contributed by atoms with Crippen LogP contribution in [0.15, 0.2) is 53.4 Å². The summed E-state index contributed by atoms with van der Waals surface area (Å²) in [7, 11) is 0. The monoisotopic (exact) mass is 319 g/mol. The molecular formula is C18H22ClNS. The van der Waals surface area contributed by atoms with Gasteiger partial charge in [0.05, 0.1) is 0 Å². The summed E-state index contributed by atoms with van der Waals surface area (Å²) in [4.78, 5) is 1.16. The first-order valence-corrected chi connectivity index (χ1v) is 8.47. The van der Waals surface area contributed by atoms with E-state index in [0.717, 1.165) is 15.7 Å². The molecule has 0 heterocycles. The molecule has 21 heavy (non-hydrogen) atoms. The zero-order valence-electron chi connectivity index (χ0n) is 12.8. The maximum atomic E-state index is 6.29. The fourth-order valence-electron chi connectivity index (χ4n) is 2.07. The lowest BCUT2D eigenvalue weighted by atomic mass is 9.86. The maximum Gasteiger partial charge on any atom is 0.0417 e. The highest BCUT2D eigenvalue weighted by Gasteiger charge is 2.14. The minimum Gasteiger partial charge on any atom is -0.323 e. The number of thioether (sulfide) groups is 1. The van der Waals surface area contributed by atoms with Crippen molar-refractivity contribution in [2.45, 2.75) is 37.1 Å². The van der Waals surface area contributed by atoms with Gasteiger partial charge in [0.1, 0.15) is 0 Å². The minimum absolute atomic E-state index is 0.0306. The number of halogens is 1. The van der Waals surface area contributed by atoms with E-state index in [0.29, 0.717) is 0 Å². The Kier molecular flexibility index (Phi) is 5.37. The highest BCUT2D eigenvalue weighted by atomic mass is 35.5. The van der Waals surface area contributed by atoms with E-state index in [-0.39, 0.29) is 11.5 Å². The van der Waals surface area contributed by atoms with Crippen LogP contribution in [-0.4, -0.2) is 5.75 Å². The molecular weight excluding hydrogens is 298 g/mol. The smallest absolute Gasteiger partial charge is 0.0417 e. The van der Waals surface area contributed by atoms with Gasteiger partial charge >= 0.3 is 0 Å². The summed E-state index contributed by atoms with van der Waals surface area (Å²) in [6.45, 7) is 6.66. The maximum absolute atomic E-state index is 6.29. The van der Waals surface area contributed by atoms with Crippen LogP contribution in [0.1, 0.15) is 37.9 Å². The highest BCUT2D eigenvalue weighted by Crippen LogP contribution is 2.27. The summed E-state index contributed by atoms with van der Waals surface area (Å²) in [5.41, 5.74) is 8.98. The molecule has 1 nitrogen and oxygen atoms in total. The Morgan fingerprint density at radius 1 is 1.10 bits per heavy atom. The van der Waals surface area contributed by atoms with E-state index >= 15 is 0 Å². The molecule has 2 aromatic carbocycles. The van der Waals surface area contributed by atoms with Crippen LogP contribution in [0.2, 0.25) is 5.02 Å². The van der Waals surface area contributed by atoms with Gasteiger partial charge in [0.2, 0.25) is 0 Å². The van der Waals surface area contributed by atoms with Gasteiger partial charge in [0.25, 0.3) is 0 Å². The van der Waals surface area contributed by atoms with E-state index < -0.39 is 0 Å². The number of benzene rings is 2. The van der Waals surface area contributed by atoms with Crippen LogP contribution in [0, 0.1) is 0 Å². The van der Waals surface area contributed by atoms with E-state index in [2.05, 4.69) is 51.1 Å². The van der Waals surface area contributed by atoms with Crippen molar-refractivity contribution in [1.82, 2.24) is 0 Å². The Balaban J connectivity index is 1.99. The Labute approximate surface area is 136 Å². The van der Waals surface area contributed by atoms with Crippen LogP contribution >= 0.6 is 23.4 Å². The van der Waals surface area contributed by atoms with Crippen molar-refractivity contribution < 1.29 is 0 Å². The summed E-state index contributed by atoms with van der Waals surface area (Å²) in [5, 5.41) is 0.767. The predicted molar refractivity (Wildman–Crippen MR) is 94.2 cm³/mol. The van der Waals surface area contributed by atoms with Crippen LogP contribution in [0.3, 0.4) is 0 Å². The first-order valence-electron chi connectivity index (χ1n) is 7.10. The third kappa shape index (κ3) is 4.77. The molecule has 112 valence electrons. The molecule has 0 aliphatic heterocycles. The van der Waals surface area contributed by atoms with Crippen molar-refractivity contribution >= 4 is 23.4 Å². The van der Waals surface area contributed by atoms with Gasteiger partial charge in [-0.15, -0.1) is 11.8 Å². The molecule has 1 unspecified atom stereocenters. The minimum atomic E-state index is 0.0306. The zero-order chi connectivity index (χ0) is 15.5. The van der Waals surface area contributed by atoms with E-state index in [9.17, 15) is 0 Å². The molecule has 0 bridgehead atoms. The second kappa shape index (κ2) is 6.87. The van der Waals surface area contributed by atoms with Gasteiger partial charge in [0, 0.05) is 21.7 Å². The summed E-state index contributed by atoms with van der Waals surface area (Å²) in [6.07, 6.45) is 0. The molecule has 0 aliphatic carbocycles. The van der Waals surface area contributed by atoms with E-state index in [1.165, 1.54) is 11.1 Å². The summed E-state index contributed by atoms with van der Waals surface area (Å²) in [5.74, 6) is 0.842. The molecule has 0 aromatic heterocycles. The predicted octanol–water partition coefficient (Wildman–Crippen LogP) is 5.43. The molecule has 1 atom stereocenters. The molecule has 2 aromatic rings. The van der Waals surface area contributed by atoms with E-state index in [1.807, 2.05) is 18.2 Å². The van der Waals surface area contributed by atoms with Crippen LogP contribution < -0.4 is 5.73 Å².